The lowest BCUT2D eigenvalue weighted by atomic mass is 9.97. The second-order valence-corrected chi connectivity index (χ2v) is 5.04. The molecule has 0 atom stereocenters. The Morgan fingerprint density at radius 2 is 2.26 bits per heavy atom. The Morgan fingerprint density at radius 1 is 1.58 bits per heavy atom. The van der Waals surface area contributed by atoms with Crippen molar-refractivity contribution in [3.05, 3.63) is 28.8 Å². The standard InChI is InChI=1S/C13H16ClFN2O2/c1-19-8-9-2-4-17(5-3-9)13(18)11-6-10(15)7-16-12(11)14/h6-7,9H,2-5,8H2,1H3. The summed E-state index contributed by atoms with van der Waals surface area (Å²) in [5, 5.41) is 0.0467. The number of hydrogen-bond donors (Lipinski definition) is 0. The third-order valence-electron chi connectivity index (χ3n) is 3.34. The van der Waals surface area contributed by atoms with E-state index in [1.54, 1.807) is 12.0 Å². The molecule has 0 aliphatic carbocycles. The van der Waals surface area contributed by atoms with Crippen LogP contribution in [0.4, 0.5) is 4.39 Å². The molecular weight excluding hydrogens is 271 g/mol. The Bertz CT molecular complexity index is 462. The zero-order chi connectivity index (χ0) is 13.8. The largest absolute Gasteiger partial charge is 0.384 e. The van der Waals surface area contributed by atoms with Gasteiger partial charge in [0.15, 0.2) is 0 Å². The van der Waals surface area contributed by atoms with E-state index in [1.165, 1.54) is 0 Å². The monoisotopic (exact) mass is 286 g/mol. The Balaban J connectivity index is 2.03. The molecule has 0 unspecified atom stereocenters. The summed E-state index contributed by atoms with van der Waals surface area (Å²) in [7, 11) is 1.68. The van der Waals surface area contributed by atoms with Gasteiger partial charge < -0.3 is 9.64 Å². The average molecular weight is 287 g/mol. The van der Waals surface area contributed by atoms with Gasteiger partial charge in [-0.05, 0) is 24.8 Å². The summed E-state index contributed by atoms with van der Waals surface area (Å²) in [6.07, 6.45) is 2.78. The minimum Gasteiger partial charge on any atom is -0.384 e. The van der Waals surface area contributed by atoms with E-state index in [0.29, 0.717) is 25.6 Å². The maximum Gasteiger partial charge on any atom is 0.257 e. The fraction of sp³-hybridized carbons (Fsp3) is 0.538. The highest BCUT2D eigenvalue weighted by Gasteiger charge is 2.25. The molecule has 104 valence electrons. The number of amides is 1. The molecular formula is C13H16ClFN2O2. The van der Waals surface area contributed by atoms with Crippen molar-refractivity contribution >= 4 is 17.5 Å². The second kappa shape index (κ2) is 6.30. The van der Waals surface area contributed by atoms with Crippen molar-refractivity contribution in [1.82, 2.24) is 9.88 Å². The lowest BCUT2D eigenvalue weighted by Gasteiger charge is -2.31. The van der Waals surface area contributed by atoms with Crippen molar-refractivity contribution in [2.45, 2.75) is 12.8 Å². The minimum atomic E-state index is -0.554. The van der Waals surface area contributed by atoms with Gasteiger partial charge in [0.25, 0.3) is 5.91 Å². The second-order valence-electron chi connectivity index (χ2n) is 4.68. The van der Waals surface area contributed by atoms with Gasteiger partial charge in [-0.1, -0.05) is 11.6 Å². The van der Waals surface area contributed by atoms with Crippen molar-refractivity contribution in [3.63, 3.8) is 0 Å². The molecule has 6 heteroatoms. The van der Waals surface area contributed by atoms with E-state index >= 15 is 0 Å². The van der Waals surface area contributed by atoms with Crippen LogP contribution in [0.2, 0.25) is 5.15 Å². The maximum absolute atomic E-state index is 13.1. The van der Waals surface area contributed by atoms with Crippen LogP contribution in [0.3, 0.4) is 0 Å². The van der Waals surface area contributed by atoms with E-state index in [-0.39, 0.29) is 16.6 Å². The fourth-order valence-electron chi connectivity index (χ4n) is 2.28. The molecule has 0 spiro atoms. The highest BCUT2D eigenvalue weighted by Crippen LogP contribution is 2.22. The summed E-state index contributed by atoms with van der Waals surface area (Å²) in [6.45, 7) is 1.99. The van der Waals surface area contributed by atoms with Crippen LogP contribution in [-0.4, -0.2) is 42.6 Å². The van der Waals surface area contributed by atoms with Gasteiger partial charge >= 0.3 is 0 Å². The molecule has 1 fully saturated rings. The first kappa shape index (κ1) is 14.2. The van der Waals surface area contributed by atoms with Gasteiger partial charge in [0, 0.05) is 26.8 Å². The molecule has 0 saturated carbocycles. The average Bonchev–Trinajstić information content (AvgIpc) is 2.42. The summed E-state index contributed by atoms with van der Waals surface area (Å²) in [5.74, 6) is -0.329. The molecule has 1 aromatic heterocycles. The van der Waals surface area contributed by atoms with Gasteiger partial charge in [0.1, 0.15) is 11.0 Å². The van der Waals surface area contributed by atoms with Crippen LogP contribution in [-0.2, 0) is 4.74 Å². The fourth-order valence-corrected chi connectivity index (χ4v) is 2.47. The summed E-state index contributed by atoms with van der Waals surface area (Å²) in [5.41, 5.74) is 0.131. The normalized spacial score (nSPS) is 16.7. The first-order valence-electron chi connectivity index (χ1n) is 6.21. The molecule has 0 aromatic carbocycles. The number of aromatic nitrogens is 1. The summed E-state index contributed by atoms with van der Waals surface area (Å²) in [4.78, 5) is 17.6. The molecule has 1 aromatic rings. The van der Waals surface area contributed by atoms with Gasteiger partial charge in [-0.2, -0.15) is 0 Å². The zero-order valence-corrected chi connectivity index (χ0v) is 11.5. The van der Waals surface area contributed by atoms with Gasteiger partial charge in [0.2, 0.25) is 0 Å². The van der Waals surface area contributed by atoms with Crippen molar-refractivity contribution in [2.24, 2.45) is 5.92 Å². The molecule has 0 N–H and O–H groups in total. The van der Waals surface area contributed by atoms with Crippen LogP contribution in [0.25, 0.3) is 0 Å². The summed E-state index contributed by atoms with van der Waals surface area (Å²) < 4.78 is 18.2. The summed E-state index contributed by atoms with van der Waals surface area (Å²) >= 11 is 5.84. The third kappa shape index (κ3) is 3.42. The molecule has 19 heavy (non-hydrogen) atoms. The Labute approximate surface area is 116 Å². The van der Waals surface area contributed by atoms with Crippen LogP contribution < -0.4 is 0 Å². The van der Waals surface area contributed by atoms with Gasteiger partial charge in [-0.15, -0.1) is 0 Å². The number of pyridine rings is 1. The first-order valence-corrected chi connectivity index (χ1v) is 6.59. The van der Waals surface area contributed by atoms with Crippen molar-refractivity contribution in [2.75, 3.05) is 26.8 Å². The van der Waals surface area contributed by atoms with E-state index in [0.717, 1.165) is 25.1 Å². The molecule has 0 radical (unpaired) electrons. The number of carbonyl (C=O) groups is 1. The minimum absolute atomic E-state index is 0.0467. The molecule has 1 amide bonds. The van der Waals surface area contributed by atoms with Crippen molar-refractivity contribution in [1.29, 1.82) is 0 Å². The van der Waals surface area contributed by atoms with Crippen LogP contribution in [0.5, 0.6) is 0 Å². The van der Waals surface area contributed by atoms with Gasteiger partial charge in [-0.3, -0.25) is 4.79 Å². The van der Waals surface area contributed by atoms with Crippen LogP contribution in [0.15, 0.2) is 12.3 Å². The summed E-state index contributed by atoms with van der Waals surface area (Å²) in [6, 6.07) is 1.14. The Kier molecular flexibility index (Phi) is 4.71. The SMILES string of the molecule is COCC1CCN(C(=O)c2cc(F)cnc2Cl)CC1. The molecule has 2 heterocycles. The number of rotatable bonds is 3. The van der Waals surface area contributed by atoms with E-state index in [1.807, 2.05) is 0 Å². The predicted octanol–water partition coefficient (Wildman–Crippen LogP) is 2.37. The number of ether oxygens (including phenoxy) is 1. The number of nitrogens with zero attached hydrogens (tertiary/aromatic N) is 2. The molecule has 4 nitrogen and oxygen atoms in total. The van der Waals surface area contributed by atoms with Gasteiger partial charge in [0.05, 0.1) is 11.8 Å². The quantitative estimate of drug-likeness (QED) is 0.801. The van der Waals surface area contributed by atoms with E-state index in [4.69, 9.17) is 16.3 Å². The highest BCUT2D eigenvalue weighted by molar-refractivity contribution is 6.32. The Morgan fingerprint density at radius 3 is 2.89 bits per heavy atom. The molecule has 0 bridgehead atoms. The number of methoxy groups -OCH3 is 1. The Hall–Kier alpha value is -1.20. The lowest BCUT2D eigenvalue weighted by molar-refractivity contribution is 0.0613. The maximum atomic E-state index is 13.1. The molecule has 2 rings (SSSR count). The van der Waals surface area contributed by atoms with Crippen molar-refractivity contribution in [3.8, 4) is 0 Å². The first-order chi connectivity index (χ1) is 9.11. The number of piperidine rings is 1. The number of hydrogen-bond acceptors (Lipinski definition) is 3. The number of halogens is 2. The van der Waals surface area contributed by atoms with Gasteiger partial charge in [-0.25, -0.2) is 9.37 Å². The molecule has 1 saturated heterocycles. The van der Waals surface area contributed by atoms with E-state index < -0.39 is 5.82 Å². The lowest BCUT2D eigenvalue weighted by Crippen LogP contribution is -2.39. The van der Waals surface area contributed by atoms with E-state index in [9.17, 15) is 9.18 Å². The van der Waals surface area contributed by atoms with Crippen molar-refractivity contribution < 1.29 is 13.9 Å². The molecule has 1 aliphatic heterocycles. The third-order valence-corrected chi connectivity index (χ3v) is 3.64. The predicted molar refractivity (Wildman–Crippen MR) is 69.7 cm³/mol. The van der Waals surface area contributed by atoms with Crippen LogP contribution in [0.1, 0.15) is 23.2 Å². The van der Waals surface area contributed by atoms with Crippen LogP contribution >= 0.6 is 11.6 Å². The molecule has 1 aliphatic rings. The highest BCUT2D eigenvalue weighted by atomic mass is 35.5. The van der Waals surface area contributed by atoms with Crippen LogP contribution in [0, 0.1) is 11.7 Å². The number of carbonyl (C=O) groups excluding carboxylic acids is 1. The topological polar surface area (TPSA) is 42.4 Å². The zero-order valence-electron chi connectivity index (χ0n) is 10.7. The van der Waals surface area contributed by atoms with E-state index in [2.05, 4.69) is 4.98 Å². The number of likely N-dealkylation sites (tertiary alicyclic amines) is 1. The smallest absolute Gasteiger partial charge is 0.257 e.